The van der Waals surface area contributed by atoms with E-state index in [4.69, 9.17) is 0 Å². The molecule has 0 spiro atoms. The van der Waals surface area contributed by atoms with Gasteiger partial charge in [0.1, 0.15) is 0 Å². The van der Waals surface area contributed by atoms with Gasteiger partial charge in [0.25, 0.3) is 0 Å². The van der Waals surface area contributed by atoms with Gasteiger partial charge < -0.3 is 5.32 Å². The molecule has 1 aliphatic rings. The summed E-state index contributed by atoms with van der Waals surface area (Å²) in [6.45, 7) is 7.56. The van der Waals surface area contributed by atoms with Crippen molar-refractivity contribution >= 4 is 17.2 Å². The molecule has 32 heavy (non-hydrogen) atoms. The quantitative estimate of drug-likeness (QED) is 0.498. The Kier molecular flexibility index (Phi) is 7.38. The second-order valence-corrected chi connectivity index (χ2v) is 9.84. The second kappa shape index (κ2) is 10.4. The van der Waals surface area contributed by atoms with Gasteiger partial charge in [-0.15, -0.1) is 11.3 Å². The summed E-state index contributed by atoms with van der Waals surface area (Å²) in [5.41, 5.74) is 4.33. The number of hydrogen-bond acceptors (Lipinski definition) is 4. The van der Waals surface area contributed by atoms with Gasteiger partial charge in [0.2, 0.25) is 5.91 Å². The molecule has 0 atom stereocenters. The van der Waals surface area contributed by atoms with Crippen molar-refractivity contribution in [3.05, 3.63) is 76.9 Å². The third-order valence-corrected chi connectivity index (χ3v) is 7.40. The van der Waals surface area contributed by atoms with E-state index in [1.165, 1.54) is 16.0 Å². The van der Waals surface area contributed by atoms with Crippen LogP contribution in [0.5, 0.6) is 0 Å². The molecule has 4 nitrogen and oxygen atoms in total. The molecular weight excluding hydrogens is 414 g/mol. The van der Waals surface area contributed by atoms with Gasteiger partial charge in [0, 0.05) is 23.7 Å². The van der Waals surface area contributed by atoms with Crippen LogP contribution in [-0.4, -0.2) is 35.4 Å². The normalized spacial score (nSPS) is 16.1. The Hall–Kier alpha value is -2.50. The van der Waals surface area contributed by atoms with Crippen molar-refractivity contribution in [1.82, 2.24) is 15.2 Å². The molecule has 3 aromatic rings. The third-order valence-electron chi connectivity index (χ3n) is 6.49. The number of pyridine rings is 1. The molecular formula is C27H33N3OS. The van der Waals surface area contributed by atoms with Crippen molar-refractivity contribution in [2.45, 2.75) is 46.1 Å². The number of aryl methyl sites for hydroxylation is 1. The van der Waals surface area contributed by atoms with Crippen LogP contribution in [0, 0.1) is 12.3 Å². The minimum Gasteiger partial charge on any atom is -0.356 e. The first-order valence-corrected chi connectivity index (χ1v) is 12.5. The molecule has 4 rings (SSSR count). The highest BCUT2D eigenvalue weighted by molar-refractivity contribution is 7.13. The van der Waals surface area contributed by atoms with E-state index < -0.39 is 0 Å². The molecule has 0 unspecified atom stereocenters. The van der Waals surface area contributed by atoms with Crippen molar-refractivity contribution in [2.75, 3.05) is 19.6 Å². The van der Waals surface area contributed by atoms with E-state index in [-0.39, 0.29) is 11.3 Å². The minimum absolute atomic E-state index is 0.216. The Morgan fingerprint density at radius 3 is 2.62 bits per heavy atom. The number of carbonyl (C=O) groups excluding carboxylic acids is 1. The van der Waals surface area contributed by atoms with Gasteiger partial charge in [-0.05, 0) is 80.4 Å². The largest absolute Gasteiger partial charge is 0.356 e. The van der Waals surface area contributed by atoms with Crippen LogP contribution in [-0.2, 0) is 17.8 Å². The summed E-state index contributed by atoms with van der Waals surface area (Å²) in [4.78, 5) is 21.8. The first kappa shape index (κ1) is 22.7. The van der Waals surface area contributed by atoms with Crippen LogP contribution in [0.4, 0.5) is 0 Å². The molecule has 1 saturated heterocycles. The van der Waals surface area contributed by atoms with Gasteiger partial charge in [-0.3, -0.25) is 14.7 Å². The number of hydrogen-bond donors (Lipinski definition) is 1. The average Bonchev–Trinajstić information content (AvgIpc) is 3.34. The molecule has 0 bridgehead atoms. The van der Waals surface area contributed by atoms with E-state index in [0.29, 0.717) is 0 Å². The summed E-state index contributed by atoms with van der Waals surface area (Å²) in [6, 6.07) is 19.1. The lowest BCUT2D eigenvalue weighted by Gasteiger charge is -2.41. The first-order valence-electron chi connectivity index (χ1n) is 11.6. The monoisotopic (exact) mass is 447 g/mol. The number of carbonyl (C=O) groups is 1. The highest BCUT2D eigenvalue weighted by atomic mass is 32.1. The van der Waals surface area contributed by atoms with Crippen molar-refractivity contribution < 1.29 is 4.79 Å². The predicted octanol–water partition coefficient (Wildman–Crippen LogP) is 5.47. The molecule has 1 fully saturated rings. The Morgan fingerprint density at radius 2 is 1.91 bits per heavy atom. The van der Waals surface area contributed by atoms with Crippen LogP contribution in [0.25, 0.3) is 10.4 Å². The predicted molar refractivity (Wildman–Crippen MR) is 133 cm³/mol. The number of likely N-dealkylation sites (tertiary alicyclic amines) is 1. The fourth-order valence-electron chi connectivity index (χ4n) is 4.68. The number of nitrogens with zero attached hydrogens (tertiary/aromatic N) is 2. The fourth-order valence-corrected chi connectivity index (χ4v) is 5.46. The van der Waals surface area contributed by atoms with E-state index >= 15 is 0 Å². The number of benzene rings is 1. The van der Waals surface area contributed by atoms with Crippen LogP contribution < -0.4 is 5.32 Å². The highest BCUT2D eigenvalue weighted by Crippen LogP contribution is 2.39. The topological polar surface area (TPSA) is 45.2 Å². The van der Waals surface area contributed by atoms with E-state index in [0.717, 1.165) is 63.3 Å². The lowest BCUT2D eigenvalue weighted by Crippen LogP contribution is -2.50. The number of thiophene rings is 1. The zero-order valence-electron chi connectivity index (χ0n) is 19.1. The van der Waals surface area contributed by atoms with E-state index in [9.17, 15) is 4.79 Å². The summed E-state index contributed by atoms with van der Waals surface area (Å²) in [7, 11) is 0. The maximum Gasteiger partial charge on any atom is 0.226 e. The number of nitrogens with one attached hydrogen (secondary N) is 1. The van der Waals surface area contributed by atoms with Crippen molar-refractivity contribution in [2.24, 2.45) is 5.41 Å². The molecule has 0 aliphatic carbocycles. The van der Waals surface area contributed by atoms with Crippen molar-refractivity contribution in [3.8, 4) is 10.4 Å². The average molecular weight is 448 g/mol. The smallest absolute Gasteiger partial charge is 0.226 e. The summed E-state index contributed by atoms with van der Waals surface area (Å²) >= 11 is 1.76. The number of piperidine rings is 1. The van der Waals surface area contributed by atoms with Crippen LogP contribution in [0.1, 0.15) is 43.1 Å². The molecule has 1 aromatic carbocycles. The summed E-state index contributed by atoms with van der Waals surface area (Å²) in [5.74, 6) is 0.216. The van der Waals surface area contributed by atoms with Gasteiger partial charge in [-0.2, -0.15) is 0 Å². The molecule has 5 heteroatoms. The van der Waals surface area contributed by atoms with Gasteiger partial charge in [-0.1, -0.05) is 43.3 Å². The Balaban J connectivity index is 1.54. The molecule has 0 saturated carbocycles. The summed E-state index contributed by atoms with van der Waals surface area (Å²) in [5, 5.41) is 5.34. The maximum absolute atomic E-state index is 13.5. The summed E-state index contributed by atoms with van der Waals surface area (Å²) in [6.07, 6.45) is 3.48. The van der Waals surface area contributed by atoms with Crippen molar-refractivity contribution in [3.63, 3.8) is 0 Å². The lowest BCUT2D eigenvalue weighted by molar-refractivity contribution is -0.134. The van der Waals surface area contributed by atoms with Crippen LogP contribution in [0.3, 0.4) is 0 Å². The van der Waals surface area contributed by atoms with Crippen LogP contribution in [0.2, 0.25) is 0 Å². The molecule has 168 valence electrons. The zero-order chi connectivity index (χ0) is 22.4. The SMILES string of the molecule is CCCNC(=O)C1(Cc2ccccc2-c2cccs2)CCN(Cc2cccc(C)n2)CC1. The molecule has 1 aliphatic heterocycles. The highest BCUT2D eigenvalue weighted by Gasteiger charge is 2.41. The van der Waals surface area contributed by atoms with Gasteiger partial charge in [-0.25, -0.2) is 0 Å². The molecule has 3 heterocycles. The molecule has 2 aromatic heterocycles. The Labute approximate surface area is 195 Å². The van der Waals surface area contributed by atoms with E-state index in [1.54, 1.807) is 11.3 Å². The van der Waals surface area contributed by atoms with Crippen molar-refractivity contribution in [1.29, 1.82) is 0 Å². The number of rotatable bonds is 8. The maximum atomic E-state index is 13.5. The minimum atomic E-state index is -0.362. The molecule has 0 radical (unpaired) electrons. The number of aromatic nitrogens is 1. The van der Waals surface area contributed by atoms with Crippen LogP contribution in [0.15, 0.2) is 60.0 Å². The molecule has 1 N–H and O–H groups in total. The second-order valence-electron chi connectivity index (χ2n) is 8.89. The van der Waals surface area contributed by atoms with E-state index in [2.05, 4.69) is 76.0 Å². The standard InChI is InChI=1S/C27H33N3OS/c1-3-15-28-26(31)27(19-22-9-4-5-11-24(22)25-12-7-18-32-25)13-16-30(17-14-27)20-23-10-6-8-21(2)29-23/h4-12,18H,3,13-17,19-20H2,1-2H3,(H,28,31). The molecule has 1 amide bonds. The fraction of sp³-hybridized carbons (Fsp3) is 0.407. The van der Waals surface area contributed by atoms with Crippen LogP contribution >= 0.6 is 11.3 Å². The first-order chi connectivity index (χ1) is 15.6. The Bertz CT molecular complexity index is 1020. The zero-order valence-corrected chi connectivity index (χ0v) is 20.0. The Morgan fingerprint density at radius 1 is 1.09 bits per heavy atom. The van der Waals surface area contributed by atoms with Gasteiger partial charge in [0.15, 0.2) is 0 Å². The van der Waals surface area contributed by atoms with Gasteiger partial charge in [0.05, 0.1) is 11.1 Å². The number of amides is 1. The third kappa shape index (κ3) is 5.28. The van der Waals surface area contributed by atoms with E-state index in [1.807, 2.05) is 13.0 Å². The van der Waals surface area contributed by atoms with Gasteiger partial charge >= 0.3 is 0 Å². The lowest BCUT2D eigenvalue weighted by atomic mass is 9.72. The summed E-state index contributed by atoms with van der Waals surface area (Å²) < 4.78 is 0.